The fourth-order valence-electron chi connectivity index (χ4n) is 2.02. The van der Waals surface area contributed by atoms with E-state index in [0.717, 1.165) is 23.1 Å². The Hall–Kier alpha value is -2.17. The average Bonchev–Trinajstić information content (AvgIpc) is 2.44. The molecule has 0 radical (unpaired) electrons. The molecule has 106 valence electrons. The molecule has 0 fully saturated rings. The van der Waals surface area contributed by atoms with Gasteiger partial charge in [-0.25, -0.2) is 0 Å². The minimum Gasteiger partial charge on any atom is -0.358 e. The maximum atomic E-state index is 12.2. The van der Waals surface area contributed by atoms with Crippen molar-refractivity contribution in [3.8, 4) is 0 Å². The van der Waals surface area contributed by atoms with Gasteiger partial charge < -0.3 is 10.2 Å². The summed E-state index contributed by atoms with van der Waals surface area (Å²) >= 11 is 0. The molecule has 5 nitrogen and oxygen atoms in total. The van der Waals surface area contributed by atoms with Gasteiger partial charge in [0.1, 0.15) is 0 Å². The zero-order chi connectivity index (χ0) is 14.7. The lowest BCUT2D eigenvalue weighted by atomic mass is 10.1. The fraction of sp³-hybridized carbons (Fsp3) is 0.400. The Balaban J connectivity index is 2.57. The lowest BCUT2D eigenvalue weighted by Gasteiger charge is -2.18. The van der Waals surface area contributed by atoms with Crippen molar-refractivity contribution in [2.45, 2.75) is 26.8 Å². The fourth-order valence-corrected chi connectivity index (χ4v) is 2.02. The molecule has 1 amide bonds. The second kappa shape index (κ2) is 5.86. The van der Waals surface area contributed by atoms with Crippen LogP contribution in [0, 0.1) is 0 Å². The lowest BCUT2D eigenvalue weighted by Crippen LogP contribution is -2.31. The molecular weight excluding hydrogens is 252 g/mol. The van der Waals surface area contributed by atoms with Gasteiger partial charge in [-0.15, -0.1) is 10.2 Å². The molecule has 2 rings (SSSR count). The molecule has 0 aliphatic heterocycles. The Labute approximate surface area is 119 Å². The number of anilines is 1. The van der Waals surface area contributed by atoms with Crippen molar-refractivity contribution < 1.29 is 4.79 Å². The molecule has 0 aliphatic carbocycles. The third kappa shape index (κ3) is 2.71. The molecule has 20 heavy (non-hydrogen) atoms. The van der Waals surface area contributed by atoms with Gasteiger partial charge in [0, 0.05) is 30.4 Å². The van der Waals surface area contributed by atoms with Gasteiger partial charge in [0.15, 0.2) is 11.5 Å². The summed E-state index contributed by atoms with van der Waals surface area (Å²) in [5.74, 6) is 0.610. The van der Waals surface area contributed by atoms with Crippen LogP contribution in [0.1, 0.15) is 31.3 Å². The first kappa shape index (κ1) is 14.2. The number of fused-ring (bicyclic) bond motifs is 1. The average molecular weight is 272 g/mol. The van der Waals surface area contributed by atoms with Crippen molar-refractivity contribution in [1.82, 2.24) is 15.5 Å². The van der Waals surface area contributed by atoms with Crippen LogP contribution in [0.4, 0.5) is 5.82 Å². The molecule has 0 saturated carbocycles. The molecule has 0 saturated heterocycles. The van der Waals surface area contributed by atoms with Crippen molar-refractivity contribution in [2.75, 3.05) is 18.5 Å². The van der Waals surface area contributed by atoms with Crippen molar-refractivity contribution in [3.63, 3.8) is 0 Å². The predicted octanol–water partition coefficient (Wildman–Crippen LogP) is 2.22. The molecule has 5 heteroatoms. The normalized spacial score (nSPS) is 10.8. The second-order valence-corrected chi connectivity index (χ2v) is 5.06. The first-order valence-electron chi connectivity index (χ1n) is 6.82. The number of nitrogens with zero attached hydrogens (tertiary/aromatic N) is 3. The Bertz CT molecular complexity index is 624. The van der Waals surface area contributed by atoms with Gasteiger partial charge >= 0.3 is 0 Å². The Morgan fingerprint density at radius 1 is 1.25 bits per heavy atom. The number of amides is 1. The van der Waals surface area contributed by atoms with Crippen LogP contribution in [0.25, 0.3) is 10.8 Å². The smallest absolute Gasteiger partial charge is 0.272 e. The summed E-state index contributed by atoms with van der Waals surface area (Å²) in [6.07, 6.45) is 0. The number of nitrogens with one attached hydrogen (secondary N) is 1. The zero-order valence-corrected chi connectivity index (χ0v) is 12.3. The van der Waals surface area contributed by atoms with E-state index in [1.54, 1.807) is 0 Å². The van der Waals surface area contributed by atoms with Crippen LogP contribution in [0.3, 0.4) is 0 Å². The number of carbonyl (C=O) groups is 1. The summed E-state index contributed by atoms with van der Waals surface area (Å²) in [6.45, 7) is 6.73. The highest BCUT2D eigenvalue weighted by Gasteiger charge is 2.17. The Kier molecular flexibility index (Phi) is 4.17. The summed E-state index contributed by atoms with van der Waals surface area (Å²) in [5, 5.41) is 13.0. The molecule has 0 bridgehead atoms. The highest BCUT2D eigenvalue weighted by Crippen LogP contribution is 2.24. The van der Waals surface area contributed by atoms with E-state index in [2.05, 4.69) is 22.4 Å². The Morgan fingerprint density at radius 3 is 2.50 bits per heavy atom. The molecule has 1 aromatic carbocycles. The first-order chi connectivity index (χ1) is 9.54. The van der Waals surface area contributed by atoms with E-state index in [-0.39, 0.29) is 11.9 Å². The maximum Gasteiger partial charge on any atom is 0.272 e. The quantitative estimate of drug-likeness (QED) is 0.927. The molecule has 2 aromatic rings. The van der Waals surface area contributed by atoms with Gasteiger partial charge in [-0.1, -0.05) is 24.3 Å². The number of carbonyl (C=O) groups excluding carboxylic acids is 1. The third-order valence-corrected chi connectivity index (χ3v) is 3.14. The van der Waals surface area contributed by atoms with Crippen LogP contribution in [0.5, 0.6) is 0 Å². The predicted molar refractivity (Wildman–Crippen MR) is 81.1 cm³/mol. The number of rotatable bonds is 4. The van der Waals surface area contributed by atoms with Crippen LogP contribution < -0.4 is 10.2 Å². The van der Waals surface area contributed by atoms with E-state index in [4.69, 9.17) is 0 Å². The maximum absolute atomic E-state index is 12.2. The standard InChI is InChI=1S/C15H20N4O/c1-5-19(4)14-12-9-7-6-8-11(12)13(17-18-14)15(20)16-10(2)3/h6-10H,5H2,1-4H3,(H,16,20). The molecule has 0 aliphatic rings. The highest BCUT2D eigenvalue weighted by molar-refractivity contribution is 6.07. The molecule has 0 unspecified atom stereocenters. The summed E-state index contributed by atoms with van der Waals surface area (Å²) in [4.78, 5) is 14.2. The SMILES string of the molecule is CCN(C)c1nnc(C(=O)NC(C)C)c2ccccc12. The topological polar surface area (TPSA) is 58.1 Å². The minimum atomic E-state index is -0.186. The zero-order valence-electron chi connectivity index (χ0n) is 12.3. The summed E-state index contributed by atoms with van der Waals surface area (Å²) in [7, 11) is 1.96. The van der Waals surface area contributed by atoms with Crippen LogP contribution in [0.2, 0.25) is 0 Å². The van der Waals surface area contributed by atoms with Gasteiger partial charge in [-0.2, -0.15) is 0 Å². The Morgan fingerprint density at radius 2 is 1.90 bits per heavy atom. The third-order valence-electron chi connectivity index (χ3n) is 3.14. The summed E-state index contributed by atoms with van der Waals surface area (Å²) in [5.41, 5.74) is 0.377. The van der Waals surface area contributed by atoms with Gasteiger partial charge in [0.2, 0.25) is 0 Å². The second-order valence-electron chi connectivity index (χ2n) is 5.06. The van der Waals surface area contributed by atoms with Gasteiger partial charge in [0.25, 0.3) is 5.91 Å². The van der Waals surface area contributed by atoms with E-state index in [1.807, 2.05) is 50.1 Å². The van der Waals surface area contributed by atoms with Crippen LogP contribution >= 0.6 is 0 Å². The van der Waals surface area contributed by atoms with Crippen molar-refractivity contribution in [2.24, 2.45) is 0 Å². The number of benzene rings is 1. The minimum absolute atomic E-state index is 0.0704. The summed E-state index contributed by atoms with van der Waals surface area (Å²) in [6, 6.07) is 7.80. The molecule has 1 aromatic heterocycles. The van der Waals surface area contributed by atoms with Crippen LogP contribution in [-0.2, 0) is 0 Å². The molecule has 1 N–H and O–H groups in total. The summed E-state index contributed by atoms with van der Waals surface area (Å²) < 4.78 is 0. The largest absolute Gasteiger partial charge is 0.358 e. The number of hydrogen-bond donors (Lipinski definition) is 1. The molecular formula is C15H20N4O. The van der Waals surface area contributed by atoms with Crippen LogP contribution in [0.15, 0.2) is 24.3 Å². The van der Waals surface area contributed by atoms with E-state index >= 15 is 0 Å². The highest BCUT2D eigenvalue weighted by atomic mass is 16.2. The first-order valence-corrected chi connectivity index (χ1v) is 6.82. The molecule has 1 heterocycles. The van der Waals surface area contributed by atoms with Crippen molar-refractivity contribution in [3.05, 3.63) is 30.0 Å². The van der Waals surface area contributed by atoms with E-state index in [0.29, 0.717) is 5.69 Å². The van der Waals surface area contributed by atoms with E-state index in [1.165, 1.54) is 0 Å². The molecule has 0 spiro atoms. The number of aromatic nitrogens is 2. The lowest BCUT2D eigenvalue weighted by molar-refractivity contribution is 0.0939. The van der Waals surface area contributed by atoms with Gasteiger partial charge in [0.05, 0.1) is 0 Å². The van der Waals surface area contributed by atoms with Gasteiger partial charge in [-0.3, -0.25) is 4.79 Å². The van der Waals surface area contributed by atoms with Crippen molar-refractivity contribution >= 4 is 22.5 Å². The molecule has 0 atom stereocenters. The van der Waals surface area contributed by atoms with Crippen LogP contribution in [-0.4, -0.2) is 35.7 Å². The monoisotopic (exact) mass is 272 g/mol. The van der Waals surface area contributed by atoms with Crippen molar-refractivity contribution in [1.29, 1.82) is 0 Å². The number of hydrogen-bond acceptors (Lipinski definition) is 4. The van der Waals surface area contributed by atoms with E-state index in [9.17, 15) is 4.79 Å². The van der Waals surface area contributed by atoms with E-state index < -0.39 is 0 Å². The van der Waals surface area contributed by atoms with Gasteiger partial charge in [-0.05, 0) is 20.8 Å².